The lowest BCUT2D eigenvalue weighted by Gasteiger charge is -2.40. The highest BCUT2D eigenvalue weighted by molar-refractivity contribution is 6.19. The molecule has 5 aliphatic rings. The molecule has 23 nitrogen and oxygen atoms in total. The van der Waals surface area contributed by atoms with Gasteiger partial charge in [-0.1, -0.05) is 59.8 Å². The molecule has 9 N–H and O–H groups in total. The smallest absolute Gasteiger partial charge is 0.325 e. The van der Waals surface area contributed by atoms with E-state index in [0.717, 1.165) is 11.4 Å². The Hall–Kier alpha value is -6.66. The highest BCUT2D eigenvalue weighted by atomic mass is 16.7. The Balaban J connectivity index is 1.40. The van der Waals surface area contributed by atoms with Crippen molar-refractivity contribution in [1.82, 2.24) is 31.1 Å². The van der Waals surface area contributed by atoms with E-state index in [9.17, 15) is 48.6 Å². The fraction of sp³-hybridized carbons (Fsp3) is 0.600. The number of aromatic hydroxyl groups is 1. The predicted octanol–water partition coefficient (Wildman–Crippen LogP) is 2.38. The summed E-state index contributed by atoms with van der Waals surface area (Å²) >= 11 is 0. The third kappa shape index (κ3) is 12.9. The van der Waals surface area contributed by atoms with Crippen LogP contribution in [0.3, 0.4) is 0 Å². The lowest BCUT2D eigenvalue weighted by molar-refractivity contribution is -0.166. The number of aliphatic carboxylic acids is 1. The van der Waals surface area contributed by atoms with Crippen LogP contribution in [0.4, 0.5) is 0 Å². The fourth-order valence-electron chi connectivity index (χ4n) is 11.0. The molecule has 78 heavy (non-hydrogen) atoms. The van der Waals surface area contributed by atoms with Gasteiger partial charge in [-0.05, 0) is 38.7 Å². The number of hydrogen-bond donors (Lipinski definition) is 8. The van der Waals surface area contributed by atoms with Gasteiger partial charge in [0.1, 0.15) is 35.9 Å². The summed E-state index contributed by atoms with van der Waals surface area (Å²) in [4.78, 5) is 110. The number of nitrogens with two attached hydrogens (primary N) is 1. The number of carboxylic acid groups (broad SMARTS) is 1. The standard InChI is InChI=1S/C55H77N7O16/c1-26(2)24-62-19-17-55(18-20-62)59-42-39-40-46(69)32(8)50-41(39)51(71)54(10,78-50)75-21-16-35(74-12)29(5)49(76-33(9)63)31(7)45(68)30(6)48(27(3)14-13-15-28(4)52(72)58-44(47(40)70)43(42)60-55)77-38(67)25-61(11)36(64)23-57-53(73)34(56)22-37(65)66/h13-16,21,26-27,29-31,34-35,42,45,48-49,59-60,68-69H,17-20,22-25,56H2,1-12H3,(H,57,73)(H,58,72)(H,65,66)/b14-13+,21-16+,28-15-/t27-,29+,30-,31+,34-,35-,42?,45+,48-,49+,54-/m0/s1. The average molecular weight is 1090 g/mol. The number of aliphatic hydroxyl groups excluding tert-OH is 1. The van der Waals surface area contributed by atoms with Crippen molar-refractivity contribution < 1.29 is 77.4 Å². The van der Waals surface area contributed by atoms with E-state index in [1.165, 1.54) is 60.3 Å². The summed E-state index contributed by atoms with van der Waals surface area (Å²) in [5, 5.41) is 45.5. The number of aliphatic hydroxyl groups is 1. The summed E-state index contributed by atoms with van der Waals surface area (Å²) in [6, 6.07) is -2.32. The summed E-state index contributed by atoms with van der Waals surface area (Å²) in [6.45, 7) is 17.7. The van der Waals surface area contributed by atoms with Gasteiger partial charge in [0.2, 0.25) is 17.6 Å². The Kier molecular flexibility index (Phi) is 19.1. The number of amides is 3. The van der Waals surface area contributed by atoms with E-state index in [-0.39, 0.29) is 39.3 Å². The summed E-state index contributed by atoms with van der Waals surface area (Å²) in [7, 11) is 2.70. The van der Waals surface area contributed by atoms with Gasteiger partial charge < -0.3 is 70.5 Å². The number of benzene rings is 1. The second kappa shape index (κ2) is 24.6. The number of likely N-dealkylation sites (tertiary alicyclic amines) is 1. The van der Waals surface area contributed by atoms with E-state index in [1.54, 1.807) is 39.8 Å². The number of allylic oxidation sites excluding steroid dienone is 3. The van der Waals surface area contributed by atoms with Crippen LogP contribution in [0.5, 0.6) is 11.5 Å². The largest absolute Gasteiger partial charge is 0.507 e. The topological polar surface area (TPSA) is 324 Å². The number of ether oxygens (including phenoxy) is 5. The van der Waals surface area contributed by atoms with Crippen molar-refractivity contribution in [3.05, 3.63) is 69.8 Å². The van der Waals surface area contributed by atoms with Gasteiger partial charge in [0.05, 0.1) is 66.0 Å². The van der Waals surface area contributed by atoms with Gasteiger partial charge in [0.15, 0.2) is 0 Å². The van der Waals surface area contributed by atoms with Gasteiger partial charge in [-0.3, -0.25) is 43.7 Å². The van der Waals surface area contributed by atoms with Gasteiger partial charge in [-0.25, -0.2) is 0 Å². The summed E-state index contributed by atoms with van der Waals surface area (Å²) < 4.78 is 30.3. The van der Waals surface area contributed by atoms with Crippen LogP contribution in [0.1, 0.15) is 119 Å². The van der Waals surface area contributed by atoms with Crippen LogP contribution in [-0.4, -0.2) is 161 Å². The van der Waals surface area contributed by atoms with E-state index in [4.69, 9.17) is 34.5 Å². The Morgan fingerprint density at radius 3 is 2.26 bits per heavy atom. The number of nitrogens with zero attached hydrogens (tertiary/aromatic N) is 2. The number of nitrogens with one attached hydrogen (secondary N) is 4. The second-order valence-corrected chi connectivity index (χ2v) is 21.9. The molecule has 2 fully saturated rings. The van der Waals surface area contributed by atoms with Gasteiger partial charge in [-0.15, -0.1) is 0 Å². The van der Waals surface area contributed by atoms with Crippen molar-refractivity contribution >= 4 is 47.2 Å². The third-order valence-corrected chi connectivity index (χ3v) is 15.4. The Morgan fingerprint density at radius 2 is 1.64 bits per heavy atom. The zero-order valence-electron chi connectivity index (χ0n) is 46.5. The van der Waals surface area contributed by atoms with Crippen molar-refractivity contribution in [3.63, 3.8) is 0 Å². The summed E-state index contributed by atoms with van der Waals surface area (Å²) in [5.41, 5.74) is 5.25. The number of phenolic OH excluding ortho intramolecular Hbond substituents is 1. The SMILES string of the molecule is CO[C@H]1/C=C/O[C@@]2(C)Oc3c(C)c(O)c4c(c3C2=O)C2NC3(CCN(CC(C)C)CC3)NC2=C(NC(=O)/C(C)=C\C=C\[C@H](C)[C@H](OC(=O)CN(C)C(=O)CNC(=O)[C@@H](N)CC(=O)O)[C@@H](C)[C@@H](O)[C@@H](C)[C@H](OC(C)=O)[C@@H]1C)C4=O. The Morgan fingerprint density at radius 1 is 0.987 bits per heavy atom. The molecule has 5 bridgehead atoms. The maximum Gasteiger partial charge on any atom is 0.325 e. The monoisotopic (exact) mass is 1090 g/mol. The van der Waals surface area contributed by atoms with Gasteiger partial charge in [0, 0.05) is 88.0 Å². The first-order chi connectivity index (χ1) is 36.5. The lowest BCUT2D eigenvalue weighted by Crippen LogP contribution is -2.56. The van der Waals surface area contributed by atoms with E-state index >= 15 is 0 Å². The first-order valence-electron chi connectivity index (χ1n) is 26.3. The number of esters is 2. The van der Waals surface area contributed by atoms with Crippen LogP contribution in [0, 0.1) is 36.5 Å². The highest BCUT2D eigenvalue weighted by Gasteiger charge is 2.56. The minimum absolute atomic E-state index is 0.0157. The molecule has 4 heterocycles. The number of likely N-dealkylation sites (N-methyl/N-ethyl adjacent to an activating group) is 1. The molecule has 23 heteroatoms. The molecular weight excluding hydrogens is 1010 g/mol. The molecule has 1 unspecified atom stereocenters. The minimum atomic E-state index is -2.03. The van der Waals surface area contributed by atoms with E-state index in [1.807, 2.05) is 0 Å². The quantitative estimate of drug-likeness (QED) is 0.139. The number of carbonyl (C=O) groups excluding carboxylic acids is 7. The molecule has 2 saturated heterocycles. The first kappa shape index (κ1) is 60.6. The zero-order valence-corrected chi connectivity index (χ0v) is 46.5. The van der Waals surface area contributed by atoms with Crippen LogP contribution in [0.15, 0.2) is 47.5 Å². The minimum Gasteiger partial charge on any atom is -0.507 e. The second-order valence-electron chi connectivity index (χ2n) is 21.9. The van der Waals surface area contributed by atoms with Crippen molar-refractivity contribution in [3.8, 4) is 11.5 Å². The molecule has 0 radical (unpaired) electrons. The lowest BCUT2D eigenvalue weighted by atomic mass is 9.78. The van der Waals surface area contributed by atoms with Crippen LogP contribution in [0.25, 0.3) is 0 Å². The number of ketones is 2. The van der Waals surface area contributed by atoms with Crippen LogP contribution in [0.2, 0.25) is 0 Å². The predicted molar refractivity (Wildman–Crippen MR) is 281 cm³/mol. The van der Waals surface area contributed by atoms with E-state index in [2.05, 4.69) is 40.0 Å². The van der Waals surface area contributed by atoms with Crippen molar-refractivity contribution in [1.29, 1.82) is 0 Å². The van der Waals surface area contributed by atoms with E-state index < -0.39 is 144 Å². The molecule has 428 valence electrons. The molecular formula is C55H77N7O16. The molecule has 0 aromatic heterocycles. The molecule has 11 atom stereocenters. The number of carboxylic acids is 1. The van der Waals surface area contributed by atoms with Crippen molar-refractivity contribution in [2.45, 2.75) is 136 Å². The van der Waals surface area contributed by atoms with Crippen LogP contribution >= 0.6 is 0 Å². The number of piperidine rings is 1. The Labute approximate surface area is 454 Å². The molecule has 1 aromatic carbocycles. The number of rotatable bonds is 12. The molecule has 1 aliphatic carbocycles. The maximum atomic E-state index is 15.0. The number of fused-ring (bicyclic) bond motifs is 3. The van der Waals surface area contributed by atoms with Gasteiger partial charge >= 0.3 is 23.7 Å². The first-order valence-corrected chi connectivity index (χ1v) is 26.3. The number of methoxy groups -OCH3 is 1. The van der Waals surface area contributed by atoms with E-state index in [0.29, 0.717) is 37.5 Å². The zero-order chi connectivity index (χ0) is 57.9. The summed E-state index contributed by atoms with van der Waals surface area (Å²) in [5.74, 6) is -11.8. The molecule has 1 aromatic rings. The Bertz CT molecular complexity index is 2670. The molecule has 6 rings (SSSR count). The molecule has 0 saturated carbocycles. The van der Waals surface area contributed by atoms with Crippen LogP contribution in [-0.2, 0) is 47.7 Å². The molecule has 3 amide bonds. The maximum absolute atomic E-state index is 15.0. The number of carbonyl (C=O) groups is 8. The third-order valence-electron chi connectivity index (χ3n) is 15.4. The number of hydrogen-bond acceptors (Lipinski definition) is 19. The highest BCUT2D eigenvalue weighted by Crippen LogP contribution is 2.53. The fourth-order valence-corrected chi connectivity index (χ4v) is 11.0. The van der Waals surface area contributed by atoms with Gasteiger partial charge in [-0.2, -0.15) is 0 Å². The number of Topliss-reactive ketones (excluding diaryl/α,β-unsaturated/α-hetero) is 2. The van der Waals surface area contributed by atoms with Crippen molar-refractivity contribution in [2.24, 2.45) is 35.3 Å². The van der Waals surface area contributed by atoms with Gasteiger partial charge in [0.25, 0.3) is 11.7 Å². The van der Waals surface area contributed by atoms with Crippen molar-refractivity contribution in [2.75, 3.05) is 46.9 Å². The molecule has 4 aliphatic heterocycles. The summed E-state index contributed by atoms with van der Waals surface area (Å²) in [6.07, 6.45) is 3.43. The average Bonchev–Trinajstić information content (AvgIpc) is 3.87. The molecule has 1 spiro atoms. The number of phenols is 1. The normalized spacial score (nSPS) is 30.2. The van der Waals surface area contributed by atoms with Crippen LogP contribution < -0.4 is 31.7 Å².